The second-order valence-electron chi connectivity index (χ2n) is 4.89. The molecule has 0 atom stereocenters. The topological polar surface area (TPSA) is 69.7 Å². The van der Waals surface area contributed by atoms with Crippen LogP contribution in [0.1, 0.15) is 44.9 Å². The Kier molecular flexibility index (Phi) is 7.43. The third-order valence-corrected chi connectivity index (χ3v) is 3.43. The standard InChI is InChI=1S/C16H22O5/c1-20-14-11-13(18)16(21-2)12(15(14)19)9-7-5-3-4-6-8-10-17/h10-11H,3-9H2,1-2H3. The van der Waals surface area contributed by atoms with Crippen molar-refractivity contribution in [3.8, 4) is 0 Å². The number of carbonyl (C=O) groups is 3. The molecule has 116 valence electrons. The van der Waals surface area contributed by atoms with Crippen molar-refractivity contribution in [3.05, 3.63) is 23.2 Å². The molecule has 5 nitrogen and oxygen atoms in total. The molecule has 0 bridgehead atoms. The number of Topliss-reactive ketones (excluding diaryl/α,β-unsaturated/α-hetero) is 1. The predicted octanol–water partition coefficient (Wildman–Crippen LogP) is 2.50. The highest BCUT2D eigenvalue weighted by molar-refractivity contribution is 6.21. The first kappa shape index (κ1) is 17.1. The number of rotatable bonds is 10. The van der Waals surface area contributed by atoms with Crippen LogP contribution in [0.15, 0.2) is 23.2 Å². The van der Waals surface area contributed by atoms with E-state index in [1.54, 1.807) is 0 Å². The molecule has 0 fully saturated rings. The Bertz CT molecular complexity index is 459. The van der Waals surface area contributed by atoms with Gasteiger partial charge in [-0.1, -0.05) is 19.3 Å². The van der Waals surface area contributed by atoms with Crippen molar-refractivity contribution in [3.63, 3.8) is 0 Å². The maximum absolute atomic E-state index is 12.2. The Morgan fingerprint density at radius 3 is 2.29 bits per heavy atom. The van der Waals surface area contributed by atoms with Crippen molar-refractivity contribution in [2.24, 2.45) is 0 Å². The number of aldehydes is 1. The van der Waals surface area contributed by atoms with Gasteiger partial charge in [-0.2, -0.15) is 0 Å². The Labute approximate surface area is 125 Å². The Morgan fingerprint density at radius 2 is 1.67 bits per heavy atom. The number of allylic oxidation sites excluding steroid dienone is 2. The molecule has 21 heavy (non-hydrogen) atoms. The van der Waals surface area contributed by atoms with Gasteiger partial charge in [0.05, 0.1) is 14.2 Å². The zero-order chi connectivity index (χ0) is 15.7. The summed E-state index contributed by atoms with van der Waals surface area (Å²) < 4.78 is 10.00. The minimum absolute atomic E-state index is 0.0711. The number of unbranched alkanes of at least 4 members (excludes halogenated alkanes) is 5. The van der Waals surface area contributed by atoms with Gasteiger partial charge in [0.2, 0.25) is 11.6 Å². The fourth-order valence-corrected chi connectivity index (χ4v) is 2.31. The van der Waals surface area contributed by atoms with E-state index in [1.807, 2.05) is 0 Å². The molecular formula is C16H22O5. The maximum Gasteiger partial charge on any atom is 0.227 e. The highest BCUT2D eigenvalue weighted by atomic mass is 16.5. The Hall–Kier alpha value is -1.91. The molecule has 0 aromatic carbocycles. The molecule has 5 heteroatoms. The number of methoxy groups -OCH3 is 2. The lowest BCUT2D eigenvalue weighted by Crippen LogP contribution is -2.21. The number of ether oxygens (including phenoxy) is 2. The van der Waals surface area contributed by atoms with E-state index in [2.05, 4.69) is 0 Å². The van der Waals surface area contributed by atoms with Crippen molar-refractivity contribution >= 4 is 17.9 Å². The van der Waals surface area contributed by atoms with E-state index >= 15 is 0 Å². The van der Waals surface area contributed by atoms with Crippen molar-refractivity contribution in [1.29, 1.82) is 0 Å². The third kappa shape index (κ3) is 4.85. The SMILES string of the molecule is COC1=CC(=O)C(OC)=C(CCCCCCCC=O)C1=O. The smallest absolute Gasteiger partial charge is 0.227 e. The molecule has 0 spiro atoms. The van der Waals surface area contributed by atoms with Crippen LogP contribution in [-0.2, 0) is 23.9 Å². The minimum Gasteiger partial charge on any atom is -0.493 e. The summed E-state index contributed by atoms with van der Waals surface area (Å²) in [4.78, 5) is 34.2. The molecule has 0 saturated carbocycles. The van der Waals surface area contributed by atoms with Gasteiger partial charge in [0.15, 0.2) is 11.5 Å². The van der Waals surface area contributed by atoms with E-state index in [0.29, 0.717) is 18.4 Å². The molecule has 0 radical (unpaired) electrons. The molecule has 1 rings (SSSR count). The molecule has 0 amide bonds. The lowest BCUT2D eigenvalue weighted by Gasteiger charge is -2.17. The molecular weight excluding hydrogens is 272 g/mol. The van der Waals surface area contributed by atoms with Crippen molar-refractivity contribution in [2.45, 2.75) is 44.9 Å². The molecule has 0 aliphatic heterocycles. The van der Waals surface area contributed by atoms with E-state index in [9.17, 15) is 14.4 Å². The zero-order valence-electron chi connectivity index (χ0n) is 12.6. The van der Waals surface area contributed by atoms with Crippen LogP contribution in [0.3, 0.4) is 0 Å². The normalized spacial score (nSPS) is 15.0. The van der Waals surface area contributed by atoms with Gasteiger partial charge in [-0.15, -0.1) is 0 Å². The van der Waals surface area contributed by atoms with Crippen LogP contribution in [0, 0.1) is 0 Å². The summed E-state index contributed by atoms with van der Waals surface area (Å²) in [6, 6.07) is 0. The van der Waals surface area contributed by atoms with Gasteiger partial charge in [0.1, 0.15) is 6.29 Å². The average Bonchev–Trinajstić information content (AvgIpc) is 2.49. The monoisotopic (exact) mass is 294 g/mol. The number of hydrogen-bond acceptors (Lipinski definition) is 5. The first-order valence-electron chi connectivity index (χ1n) is 7.21. The lowest BCUT2D eigenvalue weighted by atomic mass is 9.94. The quantitative estimate of drug-likeness (QED) is 0.352. The molecule has 0 N–H and O–H groups in total. The van der Waals surface area contributed by atoms with Gasteiger partial charge in [-0.05, 0) is 19.3 Å². The molecule has 0 unspecified atom stereocenters. The summed E-state index contributed by atoms with van der Waals surface area (Å²) >= 11 is 0. The maximum atomic E-state index is 12.2. The predicted molar refractivity (Wildman–Crippen MR) is 77.5 cm³/mol. The highest BCUT2D eigenvalue weighted by Crippen LogP contribution is 2.25. The van der Waals surface area contributed by atoms with Gasteiger partial charge in [-0.3, -0.25) is 9.59 Å². The second kappa shape index (κ2) is 9.10. The molecule has 0 heterocycles. The van der Waals surface area contributed by atoms with Crippen molar-refractivity contribution in [1.82, 2.24) is 0 Å². The lowest BCUT2D eigenvalue weighted by molar-refractivity contribution is -0.120. The summed E-state index contributed by atoms with van der Waals surface area (Å²) in [5, 5.41) is 0. The van der Waals surface area contributed by atoms with Crippen LogP contribution < -0.4 is 0 Å². The summed E-state index contributed by atoms with van der Waals surface area (Å²) in [5.41, 5.74) is 0.398. The number of carbonyl (C=O) groups excluding carboxylic acids is 3. The van der Waals surface area contributed by atoms with Gasteiger partial charge in [0, 0.05) is 18.1 Å². The third-order valence-electron chi connectivity index (χ3n) is 3.43. The van der Waals surface area contributed by atoms with E-state index < -0.39 is 0 Å². The van der Waals surface area contributed by atoms with Crippen LogP contribution >= 0.6 is 0 Å². The number of hydrogen-bond donors (Lipinski definition) is 0. The van der Waals surface area contributed by atoms with Crippen LogP contribution in [-0.4, -0.2) is 32.1 Å². The fourth-order valence-electron chi connectivity index (χ4n) is 2.31. The molecule has 0 aromatic rings. The van der Waals surface area contributed by atoms with Gasteiger partial charge < -0.3 is 14.3 Å². The van der Waals surface area contributed by atoms with Crippen LogP contribution in [0.5, 0.6) is 0 Å². The molecule has 0 saturated heterocycles. The van der Waals surface area contributed by atoms with E-state index in [1.165, 1.54) is 20.3 Å². The van der Waals surface area contributed by atoms with Crippen LogP contribution in [0.4, 0.5) is 0 Å². The minimum atomic E-state index is -0.324. The first-order valence-corrected chi connectivity index (χ1v) is 7.21. The summed E-state index contributed by atoms with van der Waals surface area (Å²) in [6.45, 7) is 0. The largest absolute Gasteiger partial charge is 0.493 e. The van der Waals surface area contributed by atoms with Gasteiger partial charge >= 0.3 is 0 Å². The summed E-state index contributed by atoms with van der Waals surface area (Å²) in [7, 11) is 2.77. The second-order valence-corrected chi connectivity index (χ2v) is 4.89. The highest BCUT2D eigenvalue weighted by Gasteiger charge is 2.29. The average molecular weight is 294 g/mol. The van der Waals surface area contributed by atoms with E-state index in [0.717, 1.165) is 38.4 Å². The van der Waals surface area contributed by atoms with Gasteiger partial charge in [-0.25, -0.2) is 0 Å². The number of ketones is 2. The molecule has 1 aliphatic carbocycles. The first-order chi connectivity index (χ1) is 10.2. The molecule has 1 aliphatic rings. The van der Waals surface area contributed by atoms with Crippen LogP contribution in [0.2, 0.25) is 0 Å². The zero-order valence-corrected chi connectivity index (χ0v) is 12.6. The van der Waals surface area contributed by atoms with Crippen molar-refractivity contribution < 1.29 is 23.9 Å². The van der Waals surface area contributed by atoms with Crippen LogP contribution in [0.25, 0.3) is 0 Å². The summed E-state index contributed by atoms with van der Waals surface area (Å²) in [5.74, 6) is -0.395. The van der Waals surface area contributed by atoms with Crippen molar-refractivity contribution in [2.75, 3.05) is 14.2 Å². The van der Waals surface area contributed by atoms with E-state index in [4.69, 9.17) is 9.47 Å². The van der Waals surface area contributed by atoms with E-state index in [-0.39, 0.29) is 23.1 Å². The summed E-state index contributed by atoms with van der Waals surface area (Å²) in [6.07, 6.45) is 7.89. The molecule has 0 aromatic heterocycles. The Morgan fingerprint density at radius 1 is 1.00 bits per heavy atom. The Balaban J connectivity index is 2.52. The fraction of sp³-hybridized carbons (Fsp3) is 0.562. The van der Waals surface area contributed by atoms with Gasteiger partial charge in [0.25, 0.3) is 0 Å².